The Labute approximate surface area is 154 Å². The van der Waals surface area contributed by atoms with E-state index in [9.17, 15) is 9.18 Å². The van der Waals surface area contributed by atoms with Gasteiger partial charge in [-0.3, -0.25) is 4.79 Å². The van der Waals surface area contributed by atoms with E-state index in [2.05, 4.69) is 15.7 Å². The van der Waals surface area contributed by atoms with E-state index in [4.69, 9.17) is 0 Å². The molecule has 0 saturated carbocycles. The smallest absolute Gasteiger partial charge is 0.261 e. The second-order valence-corrected chi connectivity index (χ2v) is 7.77. The SMILES string of the molecule is Cc1csc(CCCCNC(=O)c2ccc(-c3ccccc3F)s2)n1. The lowest BCUT2D eigenvalue weighted by molar-refractivity contribution is 0.0957. The van der Waals surface area contributed by atoms with Gasteiger partial charge in [-0.2, -0.15) is 0 Å². The molecule has 1 amide bonds. The Hall–Kier alpha value is -2.05. The number of halogens is 1. The zero-order valence-corrected chi connectivity index (χ0v) is 15.6. The molecule has 0 spiro atoms. The molecule has 0 atom stereocenters. The number of nitrogens with one attached hydrogen (secondary N) is 1. The van der Waals surface area contributed by atoms with Crippen LogP contribution >= 0.6 is 22.7 Å². The van der Waals surface area contributed by atoms with Crippen molar-refractivity contribution in [2.24, 2.45) is 0 Å². The summed E-state index contributed by atoms with van der Waals surface area (Å²) in [5.74, 6) is -0.369. The van der Waals surface area contributed by atoms with E-state index in [1.807, 2.05) is 6.92 Å². The van der Waals surface area contributed by atoms with Gasteiger partial charge >= 0.3 is 0 Å². The normalized spacial score (nSPS) is 10.8. The number of thiophene rings is 1. The molecule has 6 heteroatoms. The summed E-state index contributed by atoms with van der Waals surface area (Å²) in [7, 11) is 0. The van der Waals surface area contributed by atoms with E-state index in [0.717, 1.165) is 34.8 Å². The molecule has 3 rings (SSSR count). The lowest BCUT2D eigenvalue weighted by atomic mass is 10.2. The molecule has 1 N–H and O–H groups in total. The third-order valence-corrected chi connectivity index (χ3v) is 5.88. The van der Waals surface area contributed by atoms with E-state index in [1.165, 1.54) is 17.4 Å². The van der Waals surface area contributed by atoms with Gasteiger partial charge in [0.1, 0.15) is 5.82 Å². The van der Waals surface area contributed by atoms with Crippen LogP contribution in [0.5, 0.6) is 0 Å². The number of unbranched alkanes of at least 4 members (excludes halogenated alkanes) is 1. The summed E-state index contributed by atoms with van der Waals surface area (Å²) >= 11 is 3.00. The minimum Gasteiger partial charge on any atom is -0.351 e. The van der Waals surface area contributed by atoms with Crippen molar-refractivity contribution < 1.29 is 9.18 Å². The second kappa shape index (κ2) is 8.36. The molecule has 0 aliphatic heterocycles. The van der Waals surface area contributed by atoms with E-state index in [0.29, 0.717) is 17.0 Å². The number of aromatic nitrogens is 1. The number of hydrogen-bond acceptors (Lipinski definition) is 4. The van der Waals surface area contributed by atoms with E-state index in [1.54, 1.807) is 41.7 Å². The summed E-state index contributed by atoms with van der Waals surface area (Å²) < 4.78 is 13.8. The Morgan fingerprint density at radius 2 is 2.04 bits per heavy atom. The van der Waals surface area contributed by atoms with Crippen LogP contribution in [-0.2, 0) is 6.42 Å². The molecule has 25 heavy (non-hydrogen) atoms. The first-order valence-electron chi connectivity index (χ1n) is 8.17. The van der Waals surface area contributed by atoms with Gasteiger partial charge in [0.2, 0.25) is 0 Å². The molecule has 0 fully saturated rings. The molecule has 0 aliphatic rings. The maximum absolute atomic E-state index is 13.8. The van der Waals surface area contributed by atoms with Crippen molar-refractivity contribution in [2.45, 2.75) is 26.2 Å². The number of hydrogen-bond donors (Lipinski definition) is 1. The van der Waals surface area contributed by atoms with Crippen LogP contribution in [0.25, 0.3) is 10.4 Å². The summed E-state index contributed by atoms with van der Waals surface area (Å²) in [5.41, 5.74) is 1.60. The number of nitrogens with zero attached hydrogens (tertiary/aromatic N) is 1. The molecule has 0 saturated heterocycles. The summed E-state index contributed by atoms with van der Waals surface area (Å²) in [6, 6.07) is 10.2. The Morgan fingerprint density at radius 3 is 2.80 bits per heavy atom. The molecular weight excluding hydrogens is 355 g/mol. The summed E-state index contributed by atoms with van der Waals surface area (Å²) in [5, 5.41) is 6.14. The number of rotatable bonds is 7. The van der Waals surface area contributed by atoms with E-state index >= 15 is 0 Å². The summed E-state index contributed by atoms with van der Waals surface area (Å²) in [6.07, 6.45) is 2.86. The largest absolute Gasteiger partial charge is 0.351 e. The van der Waals surface area contributed by atoms with Crippen LogP contribution in [0.3, 0.4) is 0 Å². The van der Waals surface area contributed by atoms with Crippen LogP contribution in [0, 0.1) is 12.7 Å². The van der Waals surface area contributed by atoms with Crippen molar-refractivity contribution in [3.8, 4) is 10.4 Å². The molecule has 0 radical (unpaired) electrons. The molecule has 2 aromatic heterocycles. The molecule has 0 aliphatic carbocycles. The predicted octanol–water partition coefficient (Wildman–Crippen LogP) is 5.07. The van der Waals surface area contributed by atoms with Crippen LogP contribution in [0.1, 0.15) is 33.2 Å². The maximum atomic E-state index is 13.8. The number of amides is 1. The fourth-order valence-corrected chi connectivity index (χ4v) is 4.24. The number of aryl methyl sites for hydroxylation is 2. The fraction of sp³-hybridized carbons (Fsp3) is 0.263. The monoisotopic (exact) mass is 374 g/mol. The van der Waals surface area contributed by atoms with Crippen LogP contribution in [0.15, 0.2) is 41.8 Å². The Kier molecular flexibility index (Phi) is 5.94. The van der Waals surface area contributed by atoms with E-state index in [-0.39, 0.29) is 11.7 Å². The highest BCUT2D eigenvalue weighted by molar-refractivity contribution is 7.17. The zero-order chi connectivity index (χ0) is 17.6. The molecule has 3 nitrogen and oxygen atoms in total. The third-order valence-electron chi connectivity index (χ3n) is 3.74. The van der Waals surface area contributed by atoms with Gasteiger partial charge in [0.15, 0.2) is 0 Å². The Balaban J connectivity index is 1.46. The van der Waals surface area contributed by atoms with Gasteiger partial charge in [-0.1, -0.05) is 18.2 Å². The van der Waals surface area contributed by atoms with Gasteiger partial charge in [0.05, 0.1) is 9.88 Å². The second-order valence-electron chi connectivity index (χ2n) is 5.74. The molecule has 0 bridgehead atoms. The highest BCUT2D eigenvalue weighted by Gasteiger charge is 2.12. The van der Waals surface area contributed by atoms with Gasteiger partial charge in [0.25, 0.3) is 5.91 Å². The van der Waals surface area contributed by atoms with E-state index < -0.39 is 0 Å². The fourth-order valence-electron chi connectivity index (χ4n) is 2.47. The summed E-state index contributed by atoms with van der Waals surface area (Å²) in [6.45, 7) is 2.63. The van der Waals surface area contributed by atoms with Crippen molar-refractivity contribution in [1.82, 2.24) is 10.3 Å². The molecule has 1 aromatic carbocycles. The molecular formula is C19H19FN2OS2. The molecule has 3 aromatic rings. The molecule has 2 heterocycles. The standard InChI is InChI=1S/C19H19FN2OS2/c1-13-12-24-18(22-13)8-4-5-11-21-19(23)17-10-9-16(25-17)14-6-2-3-7-15(14)20/h2-3,6-7,9-10,12H,4-5,8,11H2,1H3,(H,21,23). The zero-order valence-electron chi connectivity index (χ0n) is 13.9. The number of carbonyl (C=O) groups excluding carboxylic acids is 1. The van der Waals surface area contributed by atoms with Gasteiger partial charge in [0, 0.05) is 28.1 Å². The van der Waals surface area contributed by atoms with Gasteiger partial charge in [-0.15, -0.1) is 22.7 Å². The van der Waals surface area contributed by atoms with Crippen LogP contribution < -0.4 is 5.32 Å². The molecule has 0 unspecified atom stereocenters. The minimum absolute atomic E-state index is 0.0994. The van der Waals surface area contributed by atoms with Crippen molar-refractivity contribution in [3.63, 3.8) is 0 Å². The first-order valence-corrected chi connectivity index (χ1v) is 9.87. The average Bonchev–Trinajstić information content (AvgIpc) is 3.24. The summed E-state index contributed by atoms with van der Waals surface area (Å²) in [4.78, 5) is 18.0. The molecule has 130 valence electrons. The van der Waals surface area contributed by atoms with Crippen LogP contribution in [-0.4, -0.2) is 17.4 Å². The number of benzene rings is 1. The quantitative estimate of drug-likeness (QED) is 0.587. The van der Waals surface area contributed by atoms with Crippen molar-refractivity contribution in [3.05, 3.63) is 63.2 Å². The lowest BCUT2D eigenvalue weighted by Gasteiger charge is -2.03. The predicted molar refractivity (Wildman–Crippen MR) is 102 cm³/mol. The van der Waals surface area contributed by atoms with Crippen molar-refractivity contribution in [2.75, 3.05) is 6.54 Å². The van der Waals surface area contributed by atoms with Gasteiger partial charge in [-0.05, 0) is 44.4 Å². The van der Waals surface area contributed by atoms with Crippen LogP contribution in [0.2, 0.25) is 0 Å². The Morgan fingerprint density at radius 1 is 1.20 bits per heavy atom. The first kappa shape index (κ1) is 17.8. The van der Waals surface area contributed by atoms with Gasteiger partial charge < -0.3 is 5.32 Å². The number of carbonyl (C=O) groups is 1. The topological polar surface area (TPSA) is 42.0 Å². The first-order chi connectivity index (χ1) is 12.1. The third kappa shape index (κ3) is 4.74. The Bertz CT molecular complexity index is 856. The number of thiazole rings is 1. The van der Waals surface area contributed by atoms with Gasteiger partial charge in [-0.25, -0.2) is 9.37 Å². The highest BCUT2D eigenvalue weighted by atomic mass is 32.1. The van der Waals surface area contributed by atoms with Crippen molar-refractivity contribution in [1.29, 1.82) is 0 Å². The van der Waals surface area contributed by atoms with Crippen molar-refractivity contribution >= 4 is 28.6 Å². The maximum Gasteiger partial charge on any atom is 0.261 e. The lowest BCUT2D eigenvalue weighted by Crippen LogP contribution is -2.23. The minimum atomic E-state index is -0.270. The van der Waals surface area contributed by atoms with Crippen LogP contribution in [0.4, 0.5) is 4.39 Å². The highest BCUT2D eigenvalue weighted by Crippen LogP contribution is 2.29. The average molecular weight is 375 g/mol.